The normalized spacial score (nSPS) is 16.1. The summed E-state index contributed by atoms with van der Waals surface area (Å²) in [5.41, 5.74) is 0.904. The van der Waals surface area contributed by atoms with Gasteiger partial charge in [0.2, 0.25) is 4.96 Å². The molecule has 7 nitrogen and oxygen atoms in total. The van der Waals surface area contributed by atoms with Crippen molar-refractivity contribution >= 4 is 49.4 Å². The van der Waals surface area contributed by atoms with Crippen LogP contribution in [0, 0.1) is 6.92 Å². The molecule has 0 saturated carbocycles. The third kappa shape index (κ3) is 1.98. The molecule has 9 heteroatoms. The molecule has 2 aromatic heterocycles. The van der Waals surface area contributed by atoms with E-state index in [1.165, 1.54) is 11.8 Å². The zero-order chi connectivity index (χ0) is 17.2. The van der Waals surface area contributed by atoms with Crippen LogP contribution < -0.4 is 20.6 Å². The number of carbonyl (C=O) groups is 1. The lowest BCUT2D eigenvalue weighted by Gasteiger charge is -2.08. The number of anilines is 1. The van der Waals surface area contributed by atoms with Gasteiger partial charge >= 0.3 is 0 Å². The van der Waals surface area contributed by atoms with Crippen molar-refractivity contribution in [2.75, 3.05) is 11.9 Å². The van der Waals surface area contributed by atoms with Gasteiger partial charge in [0.25, 0.3) is 17.0 Å². The molecule has 0 bridgehead atoms. The third-order valence-corrected chi connectivity index (χ3v) is 5.38. The van der Waals surface area contributed by atoms with Gasteiger partial charge in [0, 0.05) is 17.1 Å². The Labute approximate surface area is 147 Å². The molecule has 1 amide bonds. The van der Waals surface area contributed by atoms with E-state index in [1.54, 1.807) is 13.1 Å². The van der Waals surface area contributed by atoms with Gasteiger partial charge in [0.05, 0.1) is 11.3 Å². The minimum absolute atomic E-state index is 0.136. The number of amides is 1. The standard InChI is InChI=1S/C15H9BrN4O3S/c1-6-12(21)17-15-20(18-6)14(23)11(24-15)10-8-5-7(16)3-4-9(8)19(2)13(10)22/h3-5H,1-2H3. The number of aryl methyl sites for hydroxylation is 1. The number of fused-ring (bicyclic) bond motifs is 2. The van der Waals surface area contributed by atoms with Crippen LogP contribution in [0.5, 0.6) is 0 Å². The second kappa shape index (κ2) is 5.05. The summed E-state index contributed by atoms with van der Waals surface area (Å²) in [4.78, 5) is 42.6. The van der Waals surface area contributed by atoms with Gasteiger partial charge in [-0.1, -0.05) is 27.3 Å². The van der Waals surface area contributed by atoms with Crippen LogP contribution in [0.15, 0.2) is 32.3 Å². The minimum Gasteiger partial charge on any atom is -0.311 e. The van der Waals surface area contributed by atoms with Gasteiger partial charge in [-0.15, -0.1) is 0 Å². The lowest BCUT2D eigenvalue weighted by molar-refractivity contribution is -0.112. The summed E-state index contributed by atoms with van der Waals surface area (Å²) in [6.07, 6.45) is 0. The monoisotopic (exact) mass is 404 g/mol. The highest BCUT2D eigenvalue weighted by Crippen LogP contribution is 2.36. The number of hydrogen-bond donors (Lipinski definition) is 0. The van der Waals surface area contributed by atoms with Crippen LogP contribution in [0.2, 0.25) is 0 Å². The maximum Gasteiger partial charge on any atom is 0.295 e. The van der Waals surface area contributed by atoms with Crippen molar-refractivity contribution in [3.63, 3.8) is 0 Å². The number of thiazole rings is 1. The van der Waals surface area contributed by atoms with E-state index in [0.717, 1.165) is 26.0 Å². The first-order chi connectivity index (χ1) is 11.4. The second-order valence-electron chi connectivity index (χ2n) is 5.33. The SMILES string of the molecule is Cc1nn2c(=O)c(=C3C(=O)N(C)c4ccc(Br)cc43)sc2nc1=O. The van der Waals surface area contributed by atoms with E-state index in [-0.39, 0.29) is 21.1 Å². The van der Waals surface area contributed by atoms with E-state index in [9.17, 15) is 14.4 Å². The predicted octanol–water partition coefficient (Wildman–Crippen LogP) is 0.476. The fourth-order valence-electron chi connectivity index (χ4n) is 2.65. The van der Waals surface area contributed by atoms with Crippen molar-refractivity contribution in [3.05, 3.63) is 59.2 Å². The molecular weight excluding hydrogens is 396 g/mol. The highest BCUT2D eigenvalue weighted by molar-refractivity contribution is 9.10. The Balaban J connectivity index is 2.19. The maximum absolute atomic E-state index is 12.7. The van der Waals surface area contributed by atoms with Gasteiger partial charge in [-0.2, -0.15) is 14.6 Å². The van der Waals surface area contributed by atoms with Crippen LogP contribution in [0.4, 0.5) is 5.69 Å². The molecule has 4 rings (SSSR count). The summed E-state index contributed by atoms with van der Waals surface area (Å²) >= 11 is 4.38. The summed E-state index contributed by atoms with van der Waals surface area (Å²) in [6.45, 7) is 1.49. The molecule has 1 aromatic carbocycles. The average Bonchev–Trinajstić information content (AvgIpc) is 2.96. The van der Waals surface area contributed by atoms with Gasteiger partial charge in [-0.25, -0.2) is 0 Å². The molecule has 120 valence electrons. The average molecular weight is 405 g/mol. The van der Waals surface area contributed by atoms with Crippen molar-refractivity contribution in [3.8, 4) is 0 Å². The molecule has 1 aliphatic heterocycles. The largest absolute Gasteiger partial charge is 0.311 e. The molecule has 0 atom stereocenters. The highest BCUT2D eigenvalue weighted by atomic mass is 79.9. The molecule has 0 radical (unpaired) electrons. The van der Waals surface area contributed by atoms with Gasteiger partial charge < -0.3 is 4.90 Å². The maximum atomic E-state index is 12.7. The quantitative estimate of drug-likeness (QED) is 0.543. The first-order valence-electron chi connectivity index (χ1n) is 6.91. The molecule has 0 spiro atoms. The molecule has 3 aromatic rings. The molecule has 0 fully saturated rings. The lowest BCUT2D eigenvalue weighted by atomic mass is 10.1. The topological polar surface area (TPSA) is 84.6 Å². The summed E-state index contributed by atoms with van der Waals surface area (Å²) in [6, 6.07) is 5.44. The second-order valence-corrected chi connectivity index (χ2v) is 7.23. The fraction of sp³-hybridized carbons (Fsp3) is 0.133. The van der Waals surface area contributed by atoms with Crippen LogP contribution in [0.3, 0.4) is 0 Å². The van der Waals surface area contributed by atoms with Crippen LogP contribution in [0.1, 0.15) is 11.3 Å². The number of rotatable bonds is 0. The van der Waals surface area contributed by atoms with Crippen LogP contribution in [0.25, 0.3) is 10.5 Å². The highest BCUT2D eigenvalue weighted by Gasteiger charge is 2.32. The summed E-state index contributed by atoms with van der Waals surface area (Å²) in [7, 11) is 1.66. The molecule has 3 heterocycles. The van der Waals surface area contributed by atoms with Gasteiger partial charge in [-0.3, -0.25) is 14.4 Å². The Morgan fingerprint density at radius 3 is 2.71 bits per heavy atom. The first-order valence-corrected chi connectivity index (χ1v) is 8.52. The van der Waals surface area contributed by atoms with Crippen molar-refractivity contribution < 1.29 is 4.79 Å². The number of nitrogens with zero attached hydrogens (tertiary/aromatic N) is 4. The number of likely N-dealkylation sites (N-methyl/N-ethyl adjacent to an activating group) is 1. The molecule has 1 aliphatic rings. The van der Waals surface area contributed by atoms with Crippen molar-refractivity contribution in [1.82, 2.24) is 14.6 Å². The molecule has 0 N–H and O–H groups in total. The molecule has 0 saturated heterocycles. The van der Waals surface area contributed by atoms with E-state index in [0.29, 0.717) is 11.1 Å². The Bertz CT molecular complexity index is 1210. The van der Waals surface area contributed by atoms with E-state index >= 15 is 0 Å². The lowest BCUT2D eigenvalue weighted by Crippen LogP contribution is -2.31. The molecule has 24 heavy (non-hydrogen) atoms. The van der Waals surface area contributed by atoms with Crippen molar-refractivity contribution in [1.29, 1.82) is 0 Å². The third-order valence-electron chi connectivity index (χ3n) is 3.85. The Morgan fingerprint density at radius 1 is 1.21 bits per heavy atom. The van der Waals surface area contributed by atoms with Crippen LogP contribution >= 0.6 is 27.3 Å². The molecule has 0 aliphatic carbocycles. The Morgan fingerprint density at radius 2 is 1.96 bits per heavy atom. The Kier molecular flexibility index (Phi) is 3.19. The van der Waals surface area contributed by atoms with Gasteiger partial charge in [0.1, 0.15) is 10.2 Å². The van der Waals surface area contributed by atoms with Crippen molar-refractivity contribution in [2.45, 2.75) is 6.92 Å². The number of aromatic nitrogens is 3. The zero-order valence-electron chi connectivity index (χ0n) is 12.5. The van der Waals surface area contributed by atoms with Gasteiger partial charge in [0.15, 0.2) is 0 Å². The number of benzene rings is 1. The molecule has 0 unspecified atom stereocenters. The number of halogens is 1. The molecular formula is C15H9BrN4O3S. The van der Waals surface area contributed by atoms with E-state index in [1.807, 2.05) is 12.1 Å². The van der Waals surface area contributed by atoms with Crippen molar-refractivity contribution in [2.24, 2.45) is 0 Å². The van der Waals surface area contributed by atoms with Crippen LogP contribution in [-0.4, -0.2) is 27.6 Å². The van der Waals surface area contributed by atoms with E-state index in [4.69, 9.17) is 0 Å². The summed E-state index contributed by atoms with van der Waals surface area (Å²) in [5.74, 6) is -0.272. The van der Waals surface area contributed by atoms with E-state index < -0.39 is 11.1 Å². The minimum atomic E-state index is -0.481. The fourth-order valence-corrected chi connectivity index (χ4v) is 4.01. The van der Waals surface area contributed by atoms with Crippen LogP contribution in [-0.2, 0) is 4.79 Å². The zero-order valence-corrected chi connectivity index (χ0v) is 14.9. The van der Waals surface area contributed by atoms with Gasteiger partial charge in [-0.05, 0) is 25.1 Å². The predicted molar refractivity (Wildman–Crippen MR) is 93.4 cm³/mol. The smallest absolute Gasteiger partial charge is 0.295 e. The first kappa shape index (κ1) is 15.2. The van der Waals surface area contributed by atoms with E-state index in [2.05, 4.69) is 26.0 Å². The number of carbonyl (C=O) groups excluding carboxylic acids is 1. The number of hydrogen-bond acceptors (Lipinski definition) is 6. The summed E-state index contributed by atoms with van der Waals surface area (Å²) < 4.78 is 2.11. The Hall–Kier alpha value is -2.39. The summed E-state index contributed by atoms with van der Waals surface area (Å²) in [5, 5.41) is 3.98.